The van der Waals surface area contributed by atoms with E-state index in [4.69, 9.17) is 10.7 Å². The molecule has 1 aromatic heterocycles. The van der Waals surface area contributed by atoms with Crippen molar-refractivity contribution in [1.82, 2.24) is 4.98 Å². The number of aryl methyl sites for hydroxylation is 1. The lowest BCUT2D eigenvalue weighted by molar-refractivity contribution is 0.626. The minimum absolute atomic E-state index is 0.0965. The average molecular weight is 253 g/mol. The SMILES string of the molecule is CCC1CCC(C)N1c1nc(C)c(C(C)N)s1. The first-order chi connectivity index (χ1) is 8.04. The van der Waals surface area contributed by atoms with Crippen molar-refractivity contribution in [1.29, 1.82) is 0 Å². The molecule has 2 N–H and O–H groups in total. The molecule has 0 aromatic carbocycles. The predicted octanol–water partition coefficient (Wildman–Crippen LogP) is 3.24. The van der Waals surface area contributed by atoms with E-state index in [1.54, 1.807) is 11.3 Å². The van der Waals surface area contributed by atoms with Crippen LogP contribution in [-0.4, -0.2) is 17.1 Å². The Balaban J connectivity index is 2.29. The van der Waals surface area contributed by atoms with Crippen molar-refractivity contribution in [3.63, 3.8) is 0 Å². The first kappa shape index (κ1) is 12.8. The zero-order valence-corrected chi connectivity index (χ0v) is 12.0. The van der Waals surface area contributed by atoms with Gasteiger partial charge < -0.3 is 10.6 Å². The lowest BCUT2D eigenvalue weighted by Crippen LogP contribution is -2.33. The Kier molecular flexibility index (Phi) is 3.73. The van der Waals surface area contributed by atoms with Crippen LogP contribution in [0.1, 0.15) is 56.6 Å². The summed E-state index contributed by atoms with van der Waals surface area (Å²) in [5.74, 6) is 0. The molecular weight excluding hydrogens is 230 g/mol. The van der Waals surface area contributed by atoms with Gasteiger partial charge in [-0.25, -0.2) is 4.98 Å². The van der Waals surface area contributed by atoms with E-state index in [2.05, 4.69) is 25.7 Å². The number of hydrogen-bond donors (Lipinski definition) is 1. The summed E-state index contributed by atoms with van der Waals surface area (Å²) in [6.07, 6.45) is 3.78. The van der Waals surface area contributed by atoms with Crippen LogP contribution < -0.4 is 10.6 Å². The summed E-state index contributed by atoms with van der Waals surface area (Å²) in [6.45, 7) is 8.68. The number of nitrogens with two attached hydrogens (primary N) is 1. The molecule has 3 nitrogen and oxygen atoms in total. The minimum atomic E-state index is 0.0965. The number of anilines is 1. The summed E-state index contributed by atoms with van der Waals surface area (Å²) in [5.41, 5.74) is 7.09. The van der Waals surface area contributed by atoms with E-state index < -0.39 is 0 Å². The first-order valence-electron chi connectivity index (χ1n) is 6.55. The van der Waals surface area contributed by atoms with Crippen LogP contribution in [0.2, 0.25) is 0 Å². The normalized spacial score (nSPS) is 26.5. The van der Waals surface area contributed by atoms with Crippen LogP contribution in [-0.2, 0) is 0 Å². The van der Waals surface area contributed by atoms with Gasteiger partial charge in [-0.2, -0.15) is 0 Å². The smallest absolute Gasteiger partial charge is 0.186 e. The van der Waals surface area contributed by atoms with Gasteiger partial charge in [0.15, 0.2) is 5.13 Å². The molecule has 0 aliphatic carbocycles. The summed E-state index contributed by atoms with van der Waals surface area (Å²) in [7, 11) is 0. The number of thiazole rings is 1. The highest BCUT2D eigenvalue weighted by Crippen LogP contribution is 2.37. The fourth-order valence-electron chi connectivity index (χ4n) is 2.74. The molecule has 1 fully saturated rings. The van der Waals surface area contributed by atoms with Crippen LogP contribution in [0.3, 0.4) is 0 Å². The Morgan fingerprint density at radius 1 is 1.53 bits per heavy atom. The van der Waals surface area contributed by atoms with Crippen molar-refractivity contribution in [3.8, 4) is 0 Å². The molecule has 1 saturated heterocycles. The van der Waals surface area contributed by atoms with E-state index in [1.165, 1.54) is 29.3 Å². The van der Waals surface area contributed by atoms with Crippen LogP contribution in [0.15, 0.2) is 0 Å². The van der Waals surface area contributed by atoms with E-state index in [-0.39, 0.29) is 6.04 Å². The maximum absolute atomic E-state index is 5.98. The second-order valence-corrected chi connectivity index (χ2v) is 6.14. The molecular formula is C13H23N3S. The fourth-order valence-corrected chi connectivity index (χ4v) is 3.94. The number of nitrogens with zero attached hydrogens (tertiary/aromatic N) is 2. The van der Waals surface area contributed by atoms with Gasteiger partial charge in [0.05, 0.1) is 5.69 Å². The molecule has 0 bridgehead atoms. The van der Waals surface area contributed by atoms with Gasteiger partial charge >= 0.3 is 0 Å². The Bertz CT molecular complexity index is 386. The highest BCUT2D eigenvalue weighted by Gasteiger charge is 2.31. The molecule has 17 heavy (non-hydrogen) atoms. The van der Waals surface area contributed by atoms with E-state index in [9.17, 15) is 0 Å². The summed E-state index contributed by atoms with van der Waals surface area (Å²) in [5, 5.41) is 1.17. The molecule has 1 aliphatic heterocycles. The van der Waals surface area contributed by atoms with E-state index in [0.29, 0.717) is 12.1 Å². The van der Waals surface area contributed by atoms with Gasteiger partial charge in [0, 0.05) is 23.0 Å². The fraction of sp³-hybridized carbons (Fsp3) is 0.769. The zero-order valence-electron chi connectivity index (χ0n) is 11.2. The third-order valence-corrected chi connectivity index (χ3v) is 5.08. The van der Waals surface area contributed by atoms with Crippen LogP contribution >= 0.6 is 11.3 Å². The third-order valence-electron chi connectivity index (χ3n) is 3.71. The lowest BCUT2D eigenvalue weighted by atomic mass is 10.2. The molecule has 2 heterocycles. The number of rotatable bonds is 3. The summed E-state index contributed by atoms with van der Waals surface area (Å²) >= 11 is 1.78. The van der Waals surface area contributed by atoms with Crippen molar-refractivity contribution in [2.45, 2.75) is 65.1 Å². The van der Waals surface area contributed by atoms with Crippen molar-refractivity contribution < 1.29 is 0 Å². The van der Waals surface area contributed by atoms with E-state index in [0.717, 1.165) is 5.69 Å². The molecule has 3 atom stereocenters. The van der Waals surface area contributed by atoms with Crippen molar-refractivity contribution >= 4 is 16.5 Å². The van der Waals surface area contributed by atoms with E-state index in [1.807, 2.05) is 6.92 Å². The van der Waals surface area contributed by atoms with Gasteiger partial charge in [0.2, 0.25) is 0 Å². The largest absolute Gasteiger partial charge is 0.342 e. The quantitative estimate of drug-likeness (QED) is 0.899. The molecule has 0 amide bonds. The minimum Gasteiger partial charge on any atom is -0.342 e. The second kappa shape index (κ2) is 4.94. The Morgan fingerprint density at radius 3 is 2.76 bits per heavy atom. The topological polar surface area (TPSA) is 42.2 Å². The van der Waals surface area contributed by atoms with Gasteiger partial charge in [-0.05, 0) is 40.0 Å². The maximum Gasteiger partial charge on any atom is 0.186 e. The molecule has 0 radical (unpaired) electrons. The predicted molar refractivity (Wildman–Crippen MR) is 74.7 cm³/mol. The highest BCUT2D eigenvalue weighted by atomic mass is 32.1. The zero-order chi connectivity index (χ0) is 12.6. The first-order valence-corrected chi connectivity index (χ1v) is 7.37. The number of aromatic nitrogens is 1. The van der Waals surface area contributed by atoms with Gasteiger partial charge in [-0.3, -0.25) is 0 Å². The molecule has 1 aromatic rings. The third kappa shape index (κ3) is 2.33. The Morgan fingerprint density at radius 2 is 2.24 bits per heavy atom. The molecule has 0 spiro atoms. The molecule has 0 saturated carbocycles. The molecule has 4 heteroatoms. The summed E-state index contributed by atoms with van der Waals surface area (Å²) in [6, 6.07) is 1.38. The van der Waals surface area contributed by atoms with Crippen LogP contribution in [0.5, 0.6) is 0 Å². The van der Waals surface area contributed by atoms with Gasteiger partial charge in [0.25, 0.3) is 0 Å². The number of hydrogen-bond acceptors (Lipinski definition) is 4. The standard InChI is InChI=1S/C13H23N3S/c1-5-11-7-6-8(2)16(11)13-15-10(4)12(17-13)9(3)14/h8-9,11H,5-7,14H2,1-4H3. The summed E-state index contributed by atoms with van der Waals surface area (Å²) in [4.78, 5) is 8.46. The van der Waals surface area contributed by atoms with Gasteiger partial charge in [-0.1, -0.05) is 6.92 Å². The van der Waals surface area contributed by atoms with Crippen LogP contribution in [0.25, 0.3) is 0 Å². The van der Waals surface area contributed by atoms with E-state index >= 15 is 0 Å². The van der Waals surface area contributed by atoms with Gasteiger partial charge in [-0.15, -0.1) is 11.3 Å². The van der Waals surface area contributed by atoms with Gasteiger partial charge in [0.1, 0.15) is 0 Å². The molecule has 96 valence electrons. The average Bonchev–Trinajstić information content (AvgIpc) is 2.81. The van der Waals surface area contributed by atoms with Crippen molar-refractivity contribution in [2.24, 2.45) is 5.73 Å². The summed E-state index contributed by atoms with van der Waals surface area (Å²) < 4.78 is 0. The monoisotopic (exact) mass is 253 g/mol. The molecule has 1 aliphatic rings. The second-order valence-electron chi connectivity index (χ2n) is 5.13. The maximum atomic E-state index is 5.98. The molecule has 3 unspecified atom stereocenters. The highest BCUT2D eigenvalue weighted by molar-refractivity contribution is 7.15. The van der Waals surface area contributed by atoms with Crippen LogP contribution in [0, 0.1) is 6.92 Å². The van der Waals surface area contributed by atoms with Crippen molar-refractivity contribution in [3.05, 3.63) is 10.6 Å². The van der Waals surface area contributed by atoms with Crippen LogP contribution in [0.4, 0.5) is 5.13 Å². The lowest BCUT2D eigenvalue weighted by Gasteiger charge is -2.27. The van der Waals surface area contributed by atoms with Crippen molar-refractivity contribution in [2.75, 3.05) is 4.90 Å². The Labute approximate surface area is 108 Å². The Hall–Kier alpha value is -0.610. The molecule has 2 rings (SSSR count).